The van der Waals surface area contributed by atoms with Crippen LogP contribution in [-0.2, 0) is 4.79 Å². The quantitative estimate of drug-likeness (QED) is 0.627. The number of anilines is 2. The van der Waals surface area contributed by atoms with Gasteiger partial charge in [0, 0.05) is 11.1 Å². The van der Waals surface area contributed by atoms with Gasteiger partial charge in [-0.2, -0.15) is 5.10 Å². The van der Waals surface area contributed by atoms with E-state index in [1.165, 1.54) is 12.1 Å². The van der Waals surface area contributed by atoms with Crippen molar-refractivity contribution >= 4 is 34.0 Å². The minimum atomic E-state index is -0.661. The number of hydrogen-bond donors (Lipinski definition) is 3. The molecule has 0 aliphatic rings. The molecule has 1 heterocycles. The number of nitrogens with one attached hydrogen (secondary N) is 3. The summed E-state index contributed by atoms with van der Waals surface area (Å²) in [5.41, 5.74) is -0.255. The van der Waals surface area contributed by atoms with Gasteiger partial charge in [-0.25, -0.2) is 9.49 Å². The van der Waals surface area contributed by atoms with E-state index in [-0.39, 0.29) is 17.1 Å². The van der Waals surface area contributed by atoms with E-state index in [0.717, 1.165) is 12.1 Å². The van der Waals surface area contributed by atoms with E-state index in [1.54, 1.807) is 24.3 Å². The van der Waals surface area contributed by atoms with E-state index < -0.39 is 23.2 Å². The van der Waals surface area contributed by atoms with Crippen molar-refractivity contribution in [3.8, 4) is 0 Å². The summed E-state index contributed by atoms with van der Waals surface area (Å²) in [4.78, 5) is 35.6. The highest BCUT2D eigenvalue weighted by atomic mass is 19.1. The minimum Gasteiger partial charge on any atom is -0.320 e. The van der Waals surface area contributed by atoms with E-state index in [4.69, 9.17) is 0 Å². The molecule has 0 unspecified atom stereocenters. The molecule has 3 rings (SSSR count). The largest absolute Gasteiger partial charge is 0.320 e. The number of rotatable bonds is 4. The van der Waals surface area contributed by atoms with Gasteiger partial charge in [0.15, 0.2) is 5.69 Å². The van der Waals surface area contributed by atoms with Gasteiger partial charge in [0.2, 0.25) is 5.91 Å². The molecule has 0 fully saturated rings. The number of carbonyl (C=O) groups excluding carboxylic acids is 2. The first-order valence-corrected chi connectivity index (χ1v) is 7.51. The molecule has 0 aliphatic heterocycles. The Bertz CT molecular complexity index is 1090. The fraction of sp³-hybridized carbons (Fsp3) is 0. The zero-order valence-electron chi connectivity index (χ0n) is 13.4. The highest BCUT2D eigenvalue weighted by Gasteiger charge is 2.15. The molecule has 0 radical (unpaired) electrons. The maximum atomic E-state index is 13.8. The molecule has 0 bridgehead atoms. The van der Waals surface area contributed by atoms with Crippen molar-refractivity contribution in [2.75, 3.05) is 10.6 Å². The predicted octanol–water partition coefficient (Wildman–Crippen LogP) is 2.44. The van der Waals surface area contributed by atoms with Gasteiger partial charge < -0.3 is 10.6 Å². The third kappa shape index (κ3) is 3.34. The zero-order valence-corrected chi connectivity index (χ0v) is 13.4. The molecular weight excluding hydrogens is 339 g/mol. The van der Waals surface area contributed by atoms with Crippen molar-refractivity contribution < 1.29 is 14.0 Å². The van der Waals surface area contributed by atoms with Crippen LogP contribution in [0.1, 0.15) is 10.5 Å². The molecule has 0 saturated heterocycles. The maximum absolute atomic E-state index is 13.8. The van der Waals surface area contributed by atoms with E-state index in [9.17, 15) is 18.8 Å². The third-order valence-corrected chi connectivity index (χ3v) is 3.58. The molecule has 0 aliphatic carbocycles. The molecule has 26 heavy (non-hydrogen) atoms. The lowest BCUT2D eigenvalue weighted by atomic mass is 10.1. The van der Waals surface area contributed by atoms with Crippen LogP contribution in [0.15, 0.2) is 59.9 Å². The van der Waals surface area contributed by atoms with Crippen LogP contribution in [0, 0.1) is 5.82 Å². The Morgan fingerprint density at radius 1 is 1.12 bits per heavy atom. The topological polar surface area (TPSA) is 104 Å². The zero-order chi connectivity index (χ0) is 18.7. The summed E-state index contributed by atoms with van der Waals surface area (Å²) in [5, 5.41) is 11.6. The van der Waals surface area contributed by atoms with Crippen LogP contribution in [0.3, 0.4) is 0 Å². The highest BCUT2D eigenvalue weighted by molar-refractivity contribution is 6.11. The Morgan fingerprint density at radius 3 is 2.58 bits per heavy atom. The molecule has 0 spiro atoms. The summed E-state index contributed by atoms with van der Waals surface area (Å²) >= 11 is 0. The third-order valence-electron chi connectivity index (χ3n) is 3.58. The van der Waals surface area contributed by atoms with Gasteiger partial charge in [0.25, 0.3) is 11.5 Å². The van der Waals surface area contributed by atoms with Crippen LogP contribution in [0.4, 0.5) is 15.8 Å². The summed E-state index contributed by atoms with van der Waals surface area (Å²) in [6.45, 7) is 3.29. The van der Waals surface area contributed by atoms with E-state index in [0.29, 0.717) is 10.8 Å². The molecular formula is C18H13FN4O3. The fourth-order valence-electron chi connectivity index (χ4n) is 2.36. The predicted molar refractivity (Wildman–Crippen MR) is 95.5 cm³/mol. The Balaban J connectivity index is 1.93. The highest BCUT2D eigenvalue weighted by Crippen LogP contribution is 2.21. The van der Waals surface area contributed by atoms with E-state index >= 15 is 0 Å². The average Bonchev–Trinajstić information content (AvgIpc) is 2.64. The second kappa shape index (κ2) is 6.98. The van der Waals surface area contributed by atoms with Gasteiger partial charge in [-0.3, -0.25) is 14.4 Å². The molecule has 0 saturated carbocycles. The number of H-pyrrole nitrogens is 1. The number of fused-ring (bicyclic) bond motifs is 1. The minimum absolute atomic E-state index is 0.0150. The first kappa shape index (κ1) is 17.0. The lowest BCUT2D eigenvalue weighted by molar-refractivity contribution is -0.111. The van der Waals surface area contributed by atoms with Crippen molar-refractivity contribution in [2.45, 2.75) is 0 Å². The molecule has 2 amide bonds. The maximum Gasteiger partial charge on any atom is 0.276 e. The standard InChI is InChI=1S/C18H13FN4O3/c1-2-15(24)21-14-9-10(7-8-13(14)19)20-18(26)16-11-5-3-4-6-12(11)17(25)23-22-16/h2-9H,1H2,(H,20,26)(H,21,24)(H,23,25). The molecule has 2 aromatic carbocycles. The molecule has 3 N–H and O–H groups in total. The average molecular weight is 352 g/mol. The Morgan fingerprint density at radius 2 is 1.85 bits per heavy atom. The summed E-state index contributed by atoms with van der Waals surface area (Å²) in [7, 11) is 0. The summed E-state index contributed by atoms with van der Waals surface area (Å²) < 4.78 is 13.8. The van der Waals surface area contributed by atoms with Gasteiger partial charge in [0.1, 0.15) is 5.82 Å². The number of carbonyl (C=O) groups is 2. The number of halogens is 1. The Kier molecular flexibility index (Phi) is 4.57. The number of aromatic amines is 1. The summed E-state index contributed by atoms with van der Waals surface area (Å²) in [6, 6.07) is 10.2. The molecule has 0 atom stereocenters. The second-order valence-corrected chi connectivity index (χ2v) is 5.29. The number of benzene rings is 2. The van der Waals surface area contributed by atoms with Crippen molar-refractivity contribution in [3.05, 3.63) is 77.0 Å². The second-order valence-electron chi connectivity index (χ2n) is 5.29. The first-order chi connectivity index (χ1) is 12.5. The molecule has 1 aromatic heterocycles. The van der Waals surface area contributed by atoms with Crippen molar-refractivity contribution in [1.29, 1.82) is 0 Å². The SMILES string of the molecule is C=CC(=O)Nc1cc(NC(=O)c2n[nH]c(=O)c3ccccc23)ccc1F. The van der Waals surface area contributed by atoms with Gasteiger partial charge >= 0.3 is 0 Å². The van der Waals surface area contributed by atoms with Crippen LogP contribution in [0.5, 0.6) is 0 Å². The first-order valence-electron chi connectivity index (χ1n) is 7.51. The number of amides is 2. The van der Waals surface area contributed by atoms with Gasteiger partial charge in [-0.05, 0) is 30.3 Å². The summed E-state index contributed by atoms with van der Waals surface area (Å²) in [6.07, 6.45) is 1.00. The number of hydrogen-bond acceptors (Lipinski definition) is 4. The molecule has 7 nitrogen and oxygen atoms in total. The van der Waals surface area contributed by atoms with Crippen LogP contribution in [0.2, 0.25) is 0 Å². The fourth-order valence-corrected chi connectivity index (χ4v) is 2.36. The van der Waals surface area contributed by atoms with Gasteiger partial charge in [0.05, 0.1) is 11.1 Å². The summed E-state index contributed by atoms with van der Waals surface area (Å²) in [5.74, 6) is -1.84. The Hall–Kier alpha value is -3.81. The lowest BCUT2D eigenvalue weighted by Crippen LogP contribution is -2.19. The number of aromatic nitrogens is 2. The van der Waals surface area contributed by atoms with Crippen LogP contribution >= 0.6 is 0 Å². The lowest BCUT2D eigenvalue weighted by Gasteiger charge is -2.09. The molecule has 8 heteroatoms. The van der Waals surface area contributed by atoms with E-state index in [1.807, 2.05) is 0 Å². The van der Waals surface area contributed by atoms with Crippen LogP contribution in [0.25, 0.3) is 10.8 Å². The van der Waals surface area contributed by atoms with Crippen LogP contribution < -0.4 is 16.2 Å². The number of nitrogens with zero attached hydrogens (tertiary/aromatic N) is 1. The van der Waals surface area contributed by atoms with Gasteiger partial charge in [-0.15, -0.1) is 0 Å². The Labute approximate surface area is 146 Å². The van der Waals surface area contributed by atoms with Crippen molar-refractivity contribution in [3.63, 3.8) is 0 Å². The van der Waals surface area contributed by atoms with Crippen molar-refractivity contribution in [1.82, 2.24) is 10.2 Å². The van der Waals surface area contributed by atoms with Gasteiger partial charge in [-0.1, -0.05) is 24.8 Å². The van der Waals surface area contributed by atoms with Crippen molar-refractivity contribution in [2.24, 2.45) is 0 Å². The van der Waals surface area contributed by atoms with Crippen LogP contribution in [-0.4, -0.2) is 22.0 Å². The van der Waals surface area contributed by atoms with E-state index in [2.05, 4.69) is 27.4 Å². The molecule has 130 valence electrons. The smallest absolute Gasteiger partial charge is 0.276 e. The normalized spacial score (nSPS) is 10.3. The molecule has 3 aromatic rings. The monoisotopic (exact) mass is 352 g/mol.